The summed E-state index contributed by atoms with van der Waals surface area (Å²) in [4.78, 5) is 0. The highest BCUT2D eigenvalue weighted by molar-refractivity contribution is 5.71. The molecule has 1 aliphatic heterocycles. The Hall–Kier alpha value is -3.04. The molecule has 34 heavy (non-hydrogen) atoms. The molecule has 1 saturated carbocycles. The van der Waals surface area contributed by atoms with Gasteiger partial charge in [-0.05, 0) is 102 Å². The maximum Gasteiger partial charge on any atom is 0.126 e. The number of epoxide rings is 1. The molecule has 0 spiro atoms. The van der Waals surface area contributed by atoms with Crippen LogP contribution in [0.25, 0.3) is 11.1 Å². The van der Waals surface area contributed by atoms with Crippen LogP contribution in [0.1, 0.15) is 35.1 Å². The molecule has 4 rings (SSSR count). The van der Waals surface area contributed by atoms with Crippen LogP contribution in [0.3, 0.4) is 0 Å². The molecule has 178 valence electrons. The summed E-state index contributed by atoms with van der Waals surface area (Å²) < 4.78 is 17.9. The van der Waals surface area contributed by atoms with Gasteiger partial charge in [0.25, 0.3) is 0 Å². The van der Waals surface area contributed by atoms with Crippen LogP contribution in [0.2, 0.25) is 0 Å². The third kappa shape index (κ3) is 6.09. The first-order valence-electron chi connectivity index (χ1n) is 12.3. The fourth-order valence-corrected chi connectivity index (χ4v) is 4.27. The molecule has 0 amide bonds. The first-order chi connectivity index (χ1) is 16.7. The second-order valence-electron chi connectivity index (χ2n) is 9.24. The SMILES string of the molecule is C=CCc1cc(-c2cc(CC=C)c(OCC3CO3)c(CC=C)c2)cc(CC=C)c1OCC1CC1. The summed E-state index contributed by atoms with van der Waals surface area (Å²) in [7, 11) is 0. The first kappa shape index (κ1) is 24.1. The Morgan fingerprint density at radius 2 is 1.06 bits per heavy atom. The van der Waals surface area contributed by atoms with E-state index in [1.165, 1.54) is 29.5 Å². The molecule has 2 fully saturated rings. The van der Waals surface area contributed by atoms with E-state index in [-0.39, 0.29) is 6.10 Å². The summed E-state index contributed by atoms with van der Waals surface area (Å²) in [6.07, 6.45) is 13.5. The van der Waals surface area contributed by atoms with Crippen molar-refractivity contribution in [1.29, 1.82) is 0 Å². The molecular weight excluding hydrogens is 420 g/mol. The second-order valence-corrected chi connectivity index (χ2v) is 9.24. The number of rotatable bonds is 15. The minimum Gasteiger partial charge on any atom is -0.493 e. The number of ether oxygens (including phenoxy) is 3. The van der Waals surface area contributed by atoms with Crippen molar-refractivity contribution in [2.75, 3.05) is 19.8 Å². The molecule has 3 nitrogen and oxygen atoms in total. The van der Waals surface area contributed by atoms with Crippen molar-refractivity contribution in [2.24, 2.45) is 5.92 Å². The largest absolute Gasteiger partial charge is 0.493 e. The van der Waals surface area contributed by atoms with E-state index in [1.54, 1.807) is 0 Å². The molecule has 1 aliphatic carbocycles. The molecule has 0 bridgehead atoms. The summed E-state index contributed by atoms with van der Waals surface area (Å²) in [5, 5.41) is 0. The topological polar surface area (TPSA) is 31.0 Å². The van der Waals surface area contributed by atoms with Crippen LogP contribution in [0.15, 0.2) is 74.9 Å². The maximum atomic E-state index is 6.34. The molecule has 1 atom stereocenters. The van der Waals surface area contributed by atoms with Crippen LogP contribution in [-0.2, 0) is 30.4 Å². The van der Waals surface area contributed by atoms with Gasteiger partial charge in [0.1, 0.15) is 24.2 Å². The highest BCUT2D eigenvalue weighted by Gasteiger charge is 2.25. The Bertz CT molecular complexity index is 909. The van der Waals surface area contributed by atoms with Crippen LogP contribution in [0.4, 0.5) is 0 Å². The highest BCUT2D eigenvalue weighted by Crippen LogP contribution is 2.38. The Morgan fingerprint density at radius 1 is 0.676 bits per heavy atom. The number of hydrogen-bond donors (Lipinski definition) is 0. The molecule has 2 aromatic rings. The fraction of sp³-hybridized carbons (Fsp3) is 0.355. The predicted molar refractivity (Wildman–Crippen MR) is 141 cm³/mol. The van der Waals surface area contributed by atoms with Crippen molar-refractivity contribution in [2.45, 2.75) is 44.6 Å². The zero-order chi connectivity index (χ0) is 23.9. The summed E-state index contributed by atoms with van der Waals surface area (Å²) in [5.74, 6) is 2.63. The quantitative estimate of drug-likeness (QED) is 0.217. The molecule has 2 aliphatic rings. The van der Waals surface area contributed by atoms with Gasteiger partial charge in [0.15, 0.2) is 0 Å². The fourth-order valence-electron chi connectivity index (χ4n) is 4.27. The predicted octanol–water partition coefficient (Wildman–Crippen LogP) is 6.83. The zero-order valence-electron chi connectivity index (χ0n) is 20.2. The van der Waals surface area contributed by atoms with E-state index in [2.05, 4.69) is 50.6 Å². The minimum absolute atomic E-state index is 0.207. The van der Waals surface area contributed by atoms with Gasteiger partial charge in [-0.25, -0.2) is 0 Å². The van der Waals surface area contributed by atoms with E-state index in [4.69, 9.17) is 14.2 Å². The standard InChI is InChI=1S/C31H36O3/c1-5-9-23-15-27(16-24(10-6-2)30(23)33-19-22-13-14-22)28-17-25(11-7-3)31(26(18-28)12-8-4)34-21-29-20-32-29/h5-8,15-18,22,29H,1-4,9-14,19-21H2. The van der Waals surface area contributed by atoms with E-state index >= 15 is 0 Å². The summed E-state index contributed by atoms with van der Waals surface area (Å²) >= 11 is 0. The van der Waals surface area contributed by atoms with Crippen LogP contribution < -0.4 is 9.47 Å². The molecule has 2 aromatic carbocycles. The summed E-state index contributed by atoms with van der Waals surface area (Å²) in [5.41, 5.74) is 6.94. The monoisotopic (exact) mass is 456 g/mol. The van der Waals surface area contributed by atoms with E-state index in [1.807, 2.05) is 24.3 Å². The van der Waals surface area contributed by atoms with Gasteiger partial charge in [0.05, 0.1) is 13.2 Å². The maximum absolute atomic E-state index is 6.34. The molecule has 3 heteroatoms. The Labute approximate surface area is 204 Å². The van der Waals surface area contributed by atoms with Crippen LogP contribution >= 0.6 is 0 Å². The van der Waals surface area contributed by atoms with Gasteiger partial charge >= 0.3 is 0 Å². The van der Waals surface area contributed by atoms with Gasteiger partial charge in [-0.1, -0.05) is 24.3 Å². The van der Waals surface area contributed by atoms with Gasteiger partial charge < -0.3 is 14.2 Å². The van der Waals surface area contributed by atoms with E-state index in [0.29, 0.717) is 12.5 Å². The van der Waals surface area contributed by atoms with Crippen molar-refractivity contribution >= 4 is 0 Å². The zero-order valence-corrected chi connectivity index (χ0v) is 20.2. The first-order valence-corrected chi connectivity index (χ1v) is 12.3. The normalized spacial score (nSPS) is 16.5. The lowest BCUT2D eigenvalue weighted by atomic mass is 9.92. The lowest BCUT2D eigenvalue weighted by molar-refractivity contribution is 0.260. The second kappa shape index (κ2) is 11.4. The van der Waals surface area contributed by atoms with Crippen molar-refractivity contribution in [1.82, 2.24) is 0 Å². The third-order valence-corrected chi connectivity index (χ3v) is 6.25. The summed E-state index contributed by atoms with van der Waals surface area (Å²) in [6.45, 7) is 18.1. The highest BCUT2D eigenvalue weighted by atomic mass is 16.6. The number of hydrogen-bond acceptors (Lipinski definition) is 3. The molecule has 1 unspecified atom stereocenters. The van der Waals surface area contributed by atoms with Gasteiger partial charge in [-0.15, -0.1) is 26.3 Å². The van der Waals surface area contributed by atoms with Crippen molar-refractivity contribution in [3.63, 3.8) is 0 Å². The van der Waals surface area contributed by atoms with Gasteiger partial charge in [-0.3, -0.25) is 0 Å². The molecule has 1 saturated heterocycles. The Balaban J connectivity index is 1.77. The van der Waals surface area contributed by atoms with Gasteiger partial charge in [0.2, 0.25) is 0 Å². The smallest absolute Gasteiger partial charge is 0.126 e. The molecular formula is C31H36O3. The van der Waals surface area contributed by atoms with E-state index in [0.717, 1.165) is 67.1 Å². The lowest BCUT2D eigenvalue weighted by Crippen LogP contribution is -2.08. The average Bonchev–Trinajstić information content (AvgIpc) is 3.74. The van der Waals surface area contributed by atoms with E-state index in [9.17, 15) is 0 Å². The Kier molecular flexibility index (Phi) is 8.08. The van der Waals surface area contributed by atoms with Crippen molar-refractivity contribution in [3.05, 3.63) is 97.1 Å². The van der Waals surface area contributed by atoms with Crippen LogP contribution in [0, 0.1) is 5.92 Å². The summed E-state index contributed by atoms with van der Waals surface area (Å²) in [6, 6.07) is 8.96. The van der Waals surface area contributed by atoms with Crippen LogP contribution in [0.5, 0.6) is 11.5 Å². The van der Waals surface area contributed by atoms with E-state index < -0.39 is 0 Å². The molecule has 1 heterocycles. The third-order valence-electron chi connectivity index (χ3n) is 6.25. The molecule has 0 aromatic heterocycles. The minimum atomic E-state index is 0.207. The molecule has 0 radical (unpaired) electrons. The number of allylic oxidation sites excluding steroid dienone is 4. The van der Waals surface area contributed by atoms with Crippen molar-refractivity contribution < 1.29 is 14.2 Å². The number of benzene rings is 2. The molecule has 0 N–H and O–H groups in total. The lowest BCUT2D eigenvalue weighted by Gasteiger charge is -2.20. The van der Waals surface area contributed by atoms with Crippen molar-refractivity contribution in [3.8, 4) is 22.6 Å². The van der Waals surface area contributed by atoms with Gasteiger partial charge in [-0.2, -0.15) is 0 Å². The Morgan fingerprint density at radius 3 is 1.38 bits per heavy atom. The average molecular weight is 457 g/mol. The van der Waals surface area contributed by atoms with Crippen LogP contribution in [-0.4, -0.2) is 25.9 Å². The van der Waals surface area contributed by atoms with Gasteiger partial charge in [0, 0.05) is 0 Å².